The zero-order chi connectivity index (χ0) is 16.0. The zero-order valence-corrected chi connectivity index (χ0v) is 11.9. The molecule has 1 aromatic heterocycles. The molecule has 0 saturated heterocycles. The molecule has 0 bridgehead atoms. The monoisotopic (exact) mass is 314 g/mol. The van der Waals surface area contributed by atoms with Crippen LogP contribution in [0, 0.1) is 0 Å². The SMILES string of the molecule is OCCc1cn(CCCOc2ccccc2)nc1C(F)(F)F. The number of aliphatic hydroxyl groups is 1. The van der Waals surface area contributed by atoms with E-state index in [2.05, 4.69) is 5.10 Å². The van der Waals surface area contributed by atoms with Crippen molar-refractivity contribution in [3.63, 3.8) is 0 Å². The summed E-state index contributed by atoms with van der Waals surface area (Å²) in [6, 6.07) is 9.20. The summed E-state index contributed by atoms with van der Waals surface area (Å²) in [5.74, 6) is 0.722. The minimum absolute atomic E-state index is 0.0129. The Morgan fingerprint density at radius 2 is 1.91 bits per heavy atom. The van der Waals surface area contributed by atoms with Crippen LogP contribution in [0.2, 0.25) is 0 Å². The summed E-state index contributed by atoms with van der Waals surface area (Å²) >= 11 is 0. The molecule has 0 aliphatic carbocycles. The Labute approximate surface area is 126 Å². The number of ether oxygens (including phenoxy) is 1. The summed E-state index contributed by atoms with van der Waals surface area (Å²) in [6.07, 6.45) is -2.69. The van der Waals surface area contributed by atoms with Crippen molar-refractivity contribution < 1.29 is 23.0 Å². The van der Waals surface area contributed by atoms with Crippen LogP contribution in [-0.2, 0) is 19.1 Å². The fourth-order valence-electron chi connectivity index (χ4n) is 2.05. The molecule has 0 atom stereocenters. The Morgan fingerprint density at radius 3 is 2.55 bits per heavy atom. The smallest absolute Gasteiger partial charge is 0.435 e. The molecule has 0 fully saturated rings. The van der Waals surface area contributed by atoms with Gasteiger partial charge in [0.05, 0.1) is 6.61 Å². The second-order valence-corrected chi connectivity index (χ2v) is 4.75. The summed E-state index contributed by atoms with van der Waals surface area (Å²) in [5.41, 5.74) is -0.912. The van der Waals surface area contributed by atoms with Crippen molar-refractivity contribution >= 4 is 0 Å². The molecule has 0 spiro atoms. The van der Waals surface area contributed by atoms with Gasteiger partial charge in [0.25, 0.3) is 0 Å². The van der Waals surface area contributed by atoms with E-state index in [1.165, 1.54) is 10.9 Å². The van der Waals surface area contributed by atoms with E-state index in [-0.39, 0.29) is 18.6 Å². The first-order valence-corrected chi connectivity index (χ1v) is 6.93. The molecular weight excluding hydrogens is 297 g/mol. The van der Waals surface area contributed by atoms with E-state index in [4.69, 9.17) is 9.84 Å². The molecule has 1 N–H and O–H groups in total. The van der Waals surface area contributed by atoms with Gasteiger partial charge in [-0.3, -0.25) is 4.68 Å². The molecular formula is C15H17F3N2O2. The maximum atomic E-state index is 12.8. The van der Waals surface area contributed by atoms with Crippen LogP contribution in [0.25, 0.3) is 0 Å². The highest BCUT2D eigenvalue weighted by Crippen LogP contribution is 2.30. The van der Waals surface area contributed by atoms with Crippen LogP contribution >= 0.6 is 0 Å². The van der Waals surface area contributed by atoms with Gasteiger partial charge >= 0.3 is 6.18 Å². The topological polar surface area (TPSA) is 47.3 Å². The average molecular weight is 314 g/mol. The van der Waals surface area contributed by atoms with E-state index in [0.29, 0.717) is 19.6 Å². The zero-order valence-electron chi connectivity index (χ0n) is 11.9. The van der Waals surface area contributed by atoms with E-state index >= 15 is 0 Å². The van der Waals surface area contributed by atoms with Crippen LogP contribution in [0.15, 0.2) is 36.5 Å². The Bertz CT molecular complexity index is 582. The molecule has 0 saturated carbocycles. The van der Waals surface area contributed by atoms with E-state index in [0.717, 1.165) is 5.75 Å². The van der Waals surface area contributed by atoms with E-state index in [1.54, 1.807) is 0 Å². The van der Waals surface area contributed by atoms with Gasteiger partial charge in [-0.25, -0.2) is 0 Å². The van der Waals surface area contributed by atoms with Crippen molar-refractivity contribution in [3.8, 4) is 5.75 Å². The van der Waals surface area contributed by atoms with Gasteiger partial charge in [0.2, 0.25) is 0 Å². The lowest BCUT2D eigenvalue weighted by Gasteiger charge is -2.06. The Hall–Kier alpha value is -2.02. The first-order valence-electron chi connectivity index (χ1n) is 6.93. The quantitative estimate of drug-likeness (QED) is 0.799. The molecule has 0 unspecified atom stereocenters. The minimum atomic E-state index is -4.50. The van der Waals surface area contributed by atoms with Gasteiger partial charge in [0.1, 0.15) is 5.75 Å². The molecule has 7 heteroatoms. The molecule has 1 aromatic carbocycles. The molecule has 2 rings (SSSR count). The summed E-state index contributed by atoms with van der Waals surface area (Å²) in [7, 11) is 0. The van der Waals surface area contributed by atoms with Gasteiger partial charge in [-0.1, -0.05) is 18.2 Å². The molecule has 4 nitrogen and oxygen atoms in total. The average Bonchev–Trinajstić information content (AvgIpc) is 2.88. The summed E-state index contributed by atoms with van der Waals surface area (Å²) in [4.78, 5) is 0. The molecule has 0 aliphatic rings. The molecule has 0 amide bonds. The van der Waals surface area contributed by atoms with Gasteiger partial charge in [0, 0.05) is 31.3 Å². The van der Waals surface area contributed by atoms with Crippen LogP contribution < -0.4 is 4.74 Å². The van der Waals surface area contributed by atoms with Crippen molar-refractivity contribution in [2.45, 2.75) is 25.6 Å². The van der Waals surface area contributed by atoms with Gasteiger partial charge in [-0.2, -0.15) is 18.3 Å². The van der Waals surface area contributed by atoms with Crippen molar-refractivity contribution in [1.82, 2.24) is 9.78 Å². The maximum absolute atomic E-state index is 12.8. The number of hydrogen-bond donors (Lipinski definition) is 1. The third-order valence-electron chi connectivity index (χ3n) is 3.03. The van der Waals surface area contributed by atoms with Crippen LogP contribution in [0.3, 0.4) is 0 Å². The Morgan fingerprint density at radius 1 is 1.18 bits per heavy atom. The Kier molecular flexibility index (Phi) is 5.43. The number of aromatic nitrogens is 2. The van der Waals surface area contributed by atoms with Crippen molar-refractivity contribution in [2.75, 3.05) is 13.2 Å². The largest absolute Gasteiger partial charge is 0.494 e. The summed E-state index contributed by atoms with van der Waals surface area (Å²) in [5, 5.41) is 12.4. The Balaban J connectivity index is 1.90. The first kappa shape index (κ1) is 16.4. The van der Waals surface area contributed by atoms with E-state index < -0.39 is 11.9 Å². The number of para-hydroxylation sites is 1. The third-order valence-corrected chi connectivity index (χ3v) is 3.03. The first-order chi connectivity index (χ1) is 10.5. The summed E-state index contributed by atoms with van der Waals surface area (Å²) in [6.45, 7) is 0.369. The van der Waals surface area contributed by atoms with E-state index in [1.807, 2.05) is 30.3 Å². The summed E-state index contributed by atoms with van der Waals surface area (Å²) < 4.78 is 45.2. The predicted molar refractivity (Wildman–Crippen MR) is 74.6 cm³/mol. The lowest BCUT2D eigenvalue weighted by Crippen LogP contribution is -2.11. The standard InChI is InChI=1S/C15H17F3N2O2/c16-15(17,18)14-12(7-9-21)11-20(19-14)8-4-10-22-13-5-2-1-3-6-13/h1-3,5-6,11,21H,4,7-10H2. The van der Waals surface area contributed by atoms with Crippen LogP contribution in [0.5, 0.6) is 5.75 Å². The van der Waals surface area contributed by atoms with Gasteiger partial charge in [-0.05, 0) is 18.6 Å². The third kappa shape index (κ3) is 4.49. The number of hydrogen-bond acceptors (Lipinski definition) is 3. The number of benzene rings is 1. The van der Waals surface area contributed by atoms with Crippen molar-refractivity contribution in [3.05, 3.63) is 47.8 Å². The molecule has 0 radical (unpaired) electrons. The van der Waals surface area contributed by atoms with Crippen LogP contribution in [0.4, 0.5) is 13.2 Å². The predicted octanol–water partition coefficient (Wildman–Crippen LogP) is 2.91. The second kappa shape index (κ2) is 7.31. The number of rotatable bonds is 7. The second-order valence-electron chi connectivity index (χ2n) is 4.75. The number of aryl methyl sites for hydroxylation is 1. The van der Waals surface area contributed by atoms with Gasteiger partial charge in [0.15, 0.2) is 5.69 Å². The fourth-order valence-corrected chi connectivity index (χ4v) is 2.05. The maximum Gasteiger partial charge on any atom is 0.435 e. The normalized spacial score (nSPS) is 11.6. The molecule has 120 valence electrons. The van der Waals surface area contributed by atoms with Crippen LogP contribution in [-0.4, -0.2) is 28.1 Å². The molecule has 22 heavy (non-hydrogen) atoms. The fraction of sp³-hybridized carbons (Fsp3) is 0.400. The lowest BCUT2D eigenvalue weighted by molar-refractivity contribution is -0.142. The highest BCUT2D eigenvalue weighted by molar-refractivity contribution is 5.21. The van der Waals surface area contributed by atoms with Crippen molar-refractivity contribution in [1.29, 1.82) is 0 Å². The van der Waals surface area contributed by atoms with Gasteiger partial charge in [-0.15, -0.1) is 0 Å². The number of halogens is 3. The highest BCUT2D eigenvalue weighted by Gasteiger charge is 2.36. The number of nitrogens with zero attached hydrogens (tertiary/aromatic N) is 2. The highest BCUT2D eigenvalue weighted by atomic mass is 19.4. The van der Waals surface area contributed by atoms with Crippen LogP contribution in [0.1, 0.15) is 17.7 Å². The lowest BCUT2D eigenvalue weighted by atomic mass is 10.2. The minimum Gasteiger partial charge on any atom is -0.494 e. The number of aliphatic hydroxyl groups excluding tert-OH is 1. The number of alkyl halides is 3. The van der Waals surface area contributed by atoms with E-state index in [9.17, 15) is 13.2 Å². The molecule has 2 aromatic rings. The molecule has 0 aliphatic heterocycles. The van der Waals surface area contributed by atoms with Gasteiger partial charge < -0.3 is 9.84 Å². The molecule has 1 heterocycles. The van der Waals surface area contributed by atoms with Crippen molar-refractivity contribution in [2.24, 2.45) is 0 Å².